The first kappa shape index (κ1) is 77.0. The number of carbonyl (C=O) groups excluding carboxylic acids is 2. The predicted molar refractivity (Wildman–Crippen MR) is 437 cm³/mol. The molecule has 0 spiro atoms. The Bertz CT molecular complexity index is 4980. The zero-order valence-electron chi connectivity index (χ0n) is 64.2. The number of piperazine rings is 3. The van der Waals surface area contributed by atoms with Crippen LogP contribution in [0.2, 0.25) is 0 Å². The average molecular weight is 1550 g/mol. The van der Waals surface area contributed by atoms with Crippen LogP contribution < -0.4 is 50.3 Å². The van der Waals surface area contributed by atoms with Gasteiger partial charge in [-0.2, -0.15) is 15.8 Å². The van der Waals surface area contributed by atoms with E-state index in [2.05, 4.69) is 172 Å². The summed E-state index contributed by atoms with van der Waals surface area (Å²) >= 11 is 0. The van der Waals surface area contributed by atoms with Gasteiger partial charge in [0.1, 0.15) is 66.0 Å². The number of amides is 2. The third-order valence-corrected chi connectivity index (χ3v) is 22.5. The smallest absolute Gasteiger partial charge is 0.248 e. The molecule has 0 aliphatic carbocycles. The van der Waals surface area contributed by atoms with Crippen LogP contribution in [-0.4, -0.2) is 254 Å². The van der Waals surface area contributed by atoms with E-state index in [4.69, 9.17) is 28.8 Å². The minimum atomic E-state index is -0.515. The molecule has 6 aromatic carbocycles. The molecule has 18 rings (SSSR count). The molecule has 5 N–H and O–H groups in total. The number of hydrogen-bond donors (Lipinski definition) is 5. The minimum absolute atomic E-state index is 0.0590. The Hall–Kier alpha value is -12.0. The summed E-state index contributed by atoms with van der Waals surface area (Å²) in [6.07, 6.45) is 7.91. The summed E-state index contributed by atoms with van der Waals surface area (Å²) in [5.74, 6) is 4.39. The normalized spacial score (nSPS) is 19.4. The quantitative estimate of drug-likeness (QED) is 0.0449. The maximum absolute atomic E-state index is 12.2. The number of aromatic nitrogens is 6. The largest absolute Gasteiger partial charge is 0.488 e. The highest BCUT2D eigenvalue weighted by Crippen LogP contribution is 2.34. The van der Waals surface area contributed by atoms with Crippen LogP contribution in [0.15, 0.2) is 164 Å². The standard InChI is InChI=1S/C30H33N7O4.C28H31N7O2.C28H29N7O2/c31-16-22-15-21(1-6-27(22)41-26-8-10-37(17-26)29(39)18-38)30-32-9-7-28(34-30)33-23-2-4-24(5-3-23)35-11-13-36(14-12-35)25-19-40-20-25;29-16-21-15-20(1-6-26(21)37-25-7-9-30-17-25)28-31-10-8-27(33-28)32-22-2-4-23(5-3-22)34-11-13-35(14-12-34)24-18-36-19-24;29-17-21-16-20(3-8-25(21)35-11-1-2-27(35)36)28-30-10-9-26(32-28)31-22-4-6-23(7-5-22)33-12-14-34(15-13-33)24-18-37-19-24/h1-7,9,15,25-26,38H,8,10-14,17-20H2,(H,32,33,34);1-6,8,10,15,24-25,30H,7,9,11-14,17-19H2,(H,31,32,33);3-10,16,24H,1-2,11-15,18-19H2,(H,30,31,32)/t26-;25-;/m11./s1. The van der Waals surface area contributed by atoms with E-state index in [9.17, 15) is 25.4 Å². The molecule has 0 unspecified atom stereocenters. The van der Waals surface area contributed by atoms with Crippen molar-refractivity contribution in [3.63, 3.8) is 0 Å². The molecule has 590 valence electrons. The molecular weight excluding hydrogens is 1460 g/mol. The van der Waals surface area contributed by atoms with E-state index in [1.807, 2.05) is 48.5 Å². The molecule has 9 aliphatic rings. The van der Waals surface area contributed by atoms with E-state index in [1.54, 1.807) is 52.7 Å². The van der Waals surface area contributed by atoms with Gasteiger partial charge in [-0.05, 0) is 165 Å². The van der Waals surface area contributed by atoms with Crippen molar-refractivity contribution in [2.24, 2.45) is 0 Å². The van der Waals surface area contributed by atoms with E-state index in [0.29, 0.717) is 125 Å². The number of hydrogen-bond acceptors (Lipinski definition) is 27. The Morgan fingerprint density at radius 2 is 0.878 bits per heavy atom. The highest BCUT2D eigenvalue weighted by atomic mass is 16.5. The Morgan fingerprint density at radius 1 is 0.478 bits per heavy atom. The third kappa shape index (κ3) is 18.8. The van der Waals surface area contributed by atoms with Crippen molar-refractivity contribution >= 4 is 69.1 Å². The molecule has 0 radical (unpaired) electrons. The van der Waals surface area contributed by atoms with Gasteiger partial charge < -0.3 is 74.6 Å². The summed E-state index contributed by atoms with van der Waals surface area (Å²) in [5.41, 5.74) is 10.7. The molecular formula is C86H93N21O8. The SMILES string of the molecule is N#Cc1cc(-c2nccc(Nc3ccc(N4CCN(C5COC5)CC4)cc3)n2)ccc1N1CCCC1=O.N#Cc1cc(-c2nccc(Nc3ccc(N4CCN(C5COC5)CC4)cc3)n2)ccc1O[C@@H]1CCN(C(=O)CO)C1.N#Cc1cc(-c2nccc(Nc3ccc(N4CCN(C5COC5)CC4)cc3)n2)ccc1O[C@@H]1CCNC1. The summed E-state index contributed by atoms with van der Waals surface area (Å²) in [7, 11) is 0. The first-order valence-electron chi connectivity index (χ1n) is 39.7. The molecule has 9 fully saturated rings. The molecule has 115 heavy (non-hydrogen) atoms. The molecule has 3 aromatic heterocycles. The molecule has 12 heterocycles. The van der Waals surface area contributed by atoms with Gasteiger partial charge in [0.25, 0.3) is 0 Å². The average Bonchev–Trinajstić information content (AvgIpc) is 1.82. The maximum atomic E-state index is 12.2. The topological polar surface area (TPSA) is 323 Å². The number of rotatable bonds is 21. The fourth-order valence-electron chi connectivity index (χ4n) is 15.6. The van der Waals surface area contributed by atoms with Crippen LogP contribution in [0, 0.1) is 34.0 Å². The van der Waals surface area contributed by atoms with Gasteiger partial charge >= 0.3 is 0 Å². The number of nitriles is 3. The summed E-state index contributed by atoms with van der Waals surface area (Å²) in [5, 5.41) is 51.6. The van der Waals surface area contributed by atoms with Gasteiger partial charge in [0.2, 0.25) is 11.8 Å². The van der Waals surface area contributed by atoms with Crippen molar-refractivity contribution in [1.82, 2.24) is 54.8 Å². The molecule has 29 nitrogen and oxygen atoms in total. The molecule has 2 amide bonds. The fourth-order valence-corrected chi connectivity index (χ4v) is 15.6. The highest BCUT2D eigenvalue weighted by Gasteiger charge is 2.34. The lowest BCUT2D eigenvalue weighted by Crippen LogP contribution is -2.56. The lowest BCUT2D eigenvalue weighted by molar-refractivity contribution is -0.133. The summed E-state index contributed by atoms with van der Waals surface area (Å²) in [6.45, 7) is 20.5. The number of ether oxygens (including phenoxy) is 5. The van der Waals surface area contributed by atoms with E-state index < -0.39 is 6.61 Å². The molecule has 0 saturated carbocycles. The number of aliphatic hydroxyl groups is 1. The lowest BCUT2D eigenvalue weighted by Gasteiger charge is -2.43. The van der Waals surface area contributed by atoms with Crippen molar-refractivity contribution in [1.29, 1.82) is 15.8 Å². The molecule has 29 heteroatoms. The Labute approximate surface area is 668 Å². The number of carbonyl (C=O) groups is 2. The van der Waals surface area contributed by atoms with E-state index >= 15 is 0 Å². The van der Waals surface area contributed by atoms with Gasteiger partial charge in [-0.1, -0.05) is 0 Å². The number of aliphatic hydroxyl groups excluding tert-OH is 1. The predicted octanol–water partition coefficient (Wildman–Crippen LogP) is 8.68. The van der Waals surface area contributed by atoms with Crippen LogP contribution in [0.5, 0.6) is 11.5 Å². The van der Waals surface area contributed by atoms with Crippen molar-refractivity contribution in [2.75, 3.05) is 193 Å². The van der Waals surface area contributed by atoms with Gasteiger partial charge in [0, 0.05) is 180 Å². The van der Waals surface area contributed by atoms with Crippen molar-refractivity contribution < 1.29 is 38.4 Å². The summed E-state index contributed by atoms with van der Waals surface area (Å²) < 4.78 is 28.1. The minimum Gasteiger partial charge on any atom is -0.488 e. The highest BCUT2D eigenvalue weighted by molar-refractivity contribution is 5.97. The van der Waals surface area contributed by atoms with Gasteiger partial charge in [-0.25, -0.2) is 29.9 Å². The van der Waals surface area contributed by atoms with Gasteiger partial charge in [-0.3, -0.25) is 24.3 Å². The van der Waals surface area contributed by atoms with E-state index in [0.717, 1.165) is 172 Å². The van der Waals surface area contributed by atoms with Gasteiger partial charge in [-0.15, -0.1) is 0 Å². The van der Waals surface area contributed by atoms with E-state index in [-0.39, 0.29) is 24.0 Å². The number of nitrogens with zero attached hydrogens (tertiary/aromatic N) is 17. The number of benzene rings is 6. The second-order valence-corrected chi connectivity index (χ2v) is 29.9. The second kappa shape index (κ2) is 36.5. The van der Waals surface area contributed by atoms with Crippen LogP contribution in [0.1, 0.15) is 42.4 Å². The van der Waals surface area contributed by atoms with Crippen LogP contribution in [0.25, 0.3) is 34.2 Å². The monoisotopic (exact) mass is 1550 g/mol. The fraction of sp³-hybridized carbons (Fsp3) is 0.384. The lowest BCUT2D eigenvalue weighted by atomic mass is 10.1. The number of likely N-dealkylation sites (tertiary alicyclic amines) is 1. The van der Waals surface area contributed by atoms with Crippen molar-refractivity contribution in [3.8, 4) is 63.9 Å². The Kier molecular flexibility index (Phi) is 24.4. The van der Waals surface area contributed by atoms with Crippen LogP contribution in [0.3, 0.4) is 0 Å². The Morgan fingerprint density at radius 3 is 1.23 bits per heavy atom. The van der Waals surface area contributed by atoms with E-state index in [1.165, 1.54) is 17.1 Å². The third-order valence-electron chi connectivity index (χ3n) is 22.5. The molecule has 0 bridgehead atoms. The van der Waals surface area contributed by atoms with Crippen LogP contribution >= 0.6 is 0 Å². The zero-order valence-corrected chi connectivity index (χ0v) is 64.2. The summed E-state index contributed by atoms with van der Waals surface area (Å²) in [4.78, 5) is 69.3. The molecule has 9 aromatic rings. The number of nitrogens with one attached hydrogen (secondary N) is 4. The van der Waals surface area contributed by atoms with Crippen molar-refractivity contribution in [3.05, 3.63) is 181 Å². The first-order chi connectivity index (χ1) is 56.5. The molecule has 2 atom stereocenters. The van der Waals surface area contributed by atoms with Crippen molar-refractivity contribution in [2.45, 2.75) is 56.0 Å². The van der Waals surface area contributed by atoms with Gasteiger partial charge in [0.05, 0.1) is 86.7 Å². The molecule has 9 saturated heterocycles. The Balaban J connectivity index is 0.000000130. The summed E-state index contributed by atoms with van der Waals surface area (Å²) in [6, 6.07) is 55.5. The zero-order chi connectivity index (χ0) is 78.4. The molecule has 9 aliphatic heterocycles. The maximum Gasteiger partial charge on any atom is 0.248 e. The first-order valence-corrected chi connectivity index (χ1v) is 39.7. The second-order valence-electron chi connectivity index (χ2n) is 29.9. The van der Waals surface area contributed by atoms with Gasteiger partial charge in [0.15, 0.2) is 17.5 Å². The number of anilines is 10. The van der Waals surface area contributed by atoms with Crippen LogP contribution in [-0.2, 0) is 23.8 Å². The van der Waals surface area contributed by atoms with Crippen LogP contribution in [0.4, 0.5) is 57.3 Å².